The van der Waals surface area contributed by atoms with E-state index in [4.69, 9.17) is 4.74 Å². The third kappa shape index (κ3) is 9.72. The van der Waals surface area contributed by atoms with E-state index >= 15 is 0 Å². The molecule has 0 saturated heterocycles. The summed E-state index contributed by atoms with van der Waals surface area (Å²) in [5, 5.41) is 6.70. The van der Waals surface area contributed by atoms with Crippen LogP contribution in [0, 0.1) is 0 Å². The number of nitrogens with zero attached hydrogens (tertiary/aromatic N) is 1. The van der Waals surface area contributed by atoms with Crippen LogP contribution in [-0.2, 0) is 4.74 Å². The number of unbranched alkanes of at least 4 members (excludes halogenated alkanes) is 3. The average molecular weight is 297 g/mol. The summed E-state index contributed by atoms with van der Waals surface area (Å²) in [5.41, 5.74) is 0. The predicted molar refractivity (Wildman–Crippen MR) is 90.9 cm³/mol. The van der Waals surface area contributed by atoms with E-state index in [-0.39, 0.29) is 0 Å². The maximum Gasteiger partial charge on any atom is 0.190 e. The van der Waals surface area contributed by atoms with Crippen LogP contribution in [0.5, 0.6) is 0 Å². The van der Waals surface area contributed by atoms with Crippen molar-refractivity contribution in [1.29, 1.82) is 0 Å². The van der Waals surface area contributed by atoms with Gasteiger partial charge in [0.1, 0.15) is 0 Å². The minimum atomic E-state index is 0.554. The smallest absolute Gasteiger partial charge is 0.190 e. The summed E-state index contributed by atoms with van der Waals surface area (Å²) in [7, 11) is 1.83. The lowest BCUT2D eigenvalue weighted by molar-refractivity contribution is 0.0264. The van der Waals surface area contributed by atoms with Crippen LogP contribution in [-0.4, -0.2) is 38.8 Å². The molecule has 0 aromatic heterocycles. The maximum absolute atomic E-state index is 5.94. The van der Waals surface area contributed by atoms with Gasteiger partial charge < -0.3 is 15.4 Å². The second-order valence-corrected chi connectivity index (χ2v) is 5.97. The molecule has 0 amide bonds. The molecule has 0 radical (unpaired) electrons. The van der Waals surface area contributed by atoms with Gasteiger partial charge in [-0.1, -0.05) is 32.6 Å². The van der Waals surface area contributed by atoms with Crippen molar-refractivity contribution >= 4 is 5.96 Å². The van der Waals surface area contributed by atoms with E-state index in [1.54, 1.807) is 0 Å². The summed E-state index contributed by atoms with van der Waals surface area (Å²) in [6.07, 6.45) is 13.2. The molecule has 1 saturated carbocycles. The fourth-order valence-electron chi connectivity index (χ4n) is 2.70. The van der Waals surface area contributed by atoms with Crippen molar-refractivity contribution in [2.24, 2.45) is 4.99 Å². The molecule has 1 aliphatic rings. The molecular formula is C17H35N3O. The van der Waals surface area contributed by atoms with Crippen LogP contribution in [0.4, 0.5) is 0 Å². The summed E-state index contributed by atoms with van der Waals surface area (Å²) in [6.45, 7) is 5.14. The van der Waals surface area contributed by atoms with Gasteiger partial charge in [0.05, 0.1) is 6.10 Å². The monoisotopic (exact) mass is 297 g/mol. The number of rotatable bonds is 10. The number of guanidine groups is 1. The lowest BCUT2D eigenvalue weighted by Gasteiger charge is -2.21. The molecule has 0 aromatic carbocycles. The van der Waals surface area contributed by atoms with Crippen LogP contribution in [0.2, 0.25) is 0 Å². The van der Waals surface area contributed by atoms with E-state index in [1.807, 2.05) is 7.05 Å². The summed E-state index contributed by atoms with van der Waals surface area (Å²) >= 11 is 0. The van der Waals surface area contributed by atoms with Crippen LogP contribution < -0.4 is 10.6 Å². The molecule has 124 valence electrons. The molecule has 0 spiro atoms. The molecule has 0 atom stereocenters. The third-order valence-corrected chi connectivity index (χ3v) is 4.07. The quantitative estimate of drug-likeness (QED) is 0.369. The molecule has 21 heavy (non-hydrogen) atoms. The van der Waals surface area contributed by atoms with Gasteiger partial charge in [-0.2, -0.15) is 0 Å². The topological polar surface area (TPSA) is 45.7 Å². The number of nitrogens with one attached hydrogen (secondary N) is 2. The van der Waals surface area contributed by atoms with Gasteiger partial charge in [0.25, 0.3) is 0 Å². The Kier molecular flexibility index (Phi) is 11.3. The zero-order valence-corrected chi connectivity index (χ0v) is 14.1. The van der Waals surface area contributed by atoms with E-state index in [2.05, 4.69) is 22.5 Å². The van der Waals surface area contributed by atoms with Crippen LogP contribution in [0.15, 0.2) is 4.99 Å². The first kappa shape index (κ1) is 18.3. The molecule has 0 aliphatic heterocycles. The number of ether oxygens (including phenoxy) is 1. The lowest BCUT2D eigenvalue weighted by Crippen LogP contribution is -2.38. The van der Waals surface area contributed by atoms with Crippen molar-refractivity contribution in [2.75, 3.05) is 26.7 Å². The van der Waals surface area contributed by atoms with Gasteiger partial charge in [0, 0.05) is 26.7 Å². The molecule has 4 nitrogen and oxygen atoms in total. The van der Waals surface area contributed by atoms with Crippen LogP contribution in [0.3, 0.4) is 0 Å². The predicted octanol–water partition coefficient (Wildman–Crippen LogP) is 3.47. The molecule has 0 heterocycles. The van der Waals surface area contributed by atoms with Crippen LogP contribution in [0.25, 0.3) is 0 Å². The standard InChI is InChI=1S/C17H35N3O/c1-3-4-13-19-17(18-2)20-14-9-6-10-15-21-16-11-7-5-8-12-16/h16H,3-15H2,1-2H3,(H2,18,19,20). The zero-order valence-electron chi connectivity index (χ0n) is 14.1. The first-order valence-electron chi connectivity index (χ1n) is 8.93. The fraction of sp³-hybridized carbons (Fsp3) is 0.941. The van der Waals surface area contributed by atoms with Crippen molar-refractivity contribution in [1.82, 2.24) is 10.6 Å². The Morgan fingerprint density at radius 3 is 2.38 bits per heavy atom. The summed E-state index contributed by atoms with van der Waals surface area (Å²) in [5.74, 6) is 0.932. The van der Waals surface area contributed by atoms with Gasteiger partial charge in [-0.25, -0.2) is 0 Å². The van der Waals surface area contributed by atoms with E-state index in [0.717, 1.165) is 25.7 Å². The van der Waals surface area contributed by atoms with Crippen molar-refractivity contribution in [3.63, 3.8) is 0 Å². The minimum Gasteiger partial charge on any atom is -0.378 e. The van der Waals surface area contributed by atoms with Gasteiger partial charge in [-0.05, 0) is 38.5 Å². The first-order chi connectivity index (χ1) is 10.4. The highest BCUT2D eigenvalue weighted by molar-refractivity contribution is 5.79. The Hall–Kier alpha value is -0.770. The third-order valence-electron chi connectivity index (χ3n) is 4.07. The van der Waals surface area contributed by atoms with E-state index in [1.165, 1.54) is 64.2 Å². The SMILES string of the molecule is CCCCNC(=NC)NCCCCCOC1CCCCC1. The number of hydrogen-bond acceptors (Lipinski definition) is 2. The molecular weight excluding hydrogens is 262 g/mol. The van der Waals surface area contributed by atoms with Gasteiger partial charge in [0.15, 0.2) is 5.96 Å². The van der Waals surface area contributed by atoms with Gasteiger partial charge in [-0.3, -0.25) is 4.99 Å². The second kappa shape index (κ2) is 12.9. The van der Waals surface area contributed by atoms with Gasteiger partial charge in [0.2, 0.25) is 0 Å². The first-order valence-corrected chi connectivity index (χ1v) is 8.93. The molecule has 0 bridgehead atoms. The Bertz CT molecular complexity index is 263. The molecule has 2 N–H and O–H groups in total. The van der Waals surface area contributed by atoms with Crippen molar-refractivity contribution in [2.45, 2.75) is 77.2 Å². The van der Waals surface area contributed by atoms with E-state index in [0.29, 0.717) is 6.10 Å². The fourth-order valence-corrected chi connectivity index (χ4v) is 2.70. The maximum atomic E-state index is 5.94. The van der Waals surface area contributed by atoms with Crippen LogP contribution >= 0.6 is 0 Å². The summed E-state index contributed by atoms with van der Waals surface area (Å²) in [6, 6.07) is 0. The summed E-state index contributed by atoms with van der Waals surface area (Å²) in [4.78, 5) is 4.22. The van der Waals surface area contributed by atoms with E-state index in [9.17, 15) is 0 Å². The minimum absolute atomic E-state index is 0.554. The van der Waals surface area contributed by atoms with Crippen LogP contribution in [0.1, 0.15) is 71.1 Å². The molecule has 1 fully saturated rings. The number of hydrogen-bond donors (Lipinski definition) is 2. The Morgan fingerprint density at radius 1 is 1.00 bits per heavy atom. The summed E-state index contributed by atoms with van der Waals surface area (Å²) < 4.78 is 5.94. The van der Waals surface area contributed by atoms with E-state index < -0.39 is 0 Å². The highest BCUT2D eigenvalue weighted by Gasteiger charge is 2.12. The molecule has 0 aromatic rings. The Morgan fingerprint density at radius 2 is 1.71 bits per heavy atom. The lowest BCUT2D eigenvalue weighted by atomic mass is 9.98. The molecule has 4 heteroatoms. The Labute approximate surface area is 131 Å². The van der Waals surface area contributed by atoms with Crippen molar-refractivity contribution < 1.29 is 4.74 Å². The zero-order chi connectivity index (χ0) is 15.2. The molecule has 1 aliphatic carbocycles. The molecule has 1 rings (SSSR count). The largest absolute Gasteiger partial charge is 0.378 e. The van der Waals surface area contributed by atoms with Gasteiger partial charge in [-0.15, -0.1) is 0 Å². The highest BCUT2D eigenvalue weighted by Crippen LogP contribution is 2.20. The normalized spacial score (nSPS) is 17.0. The van der Waals surface area contributed by atoms with Crippen molar-refractivity contribution in [3.05, 3.63) is 0 Å². The average Bonchev–Trinajstić information content (AvgIpc) is 2.53. The Balaban J connectivity index is 1.88. The number of aliphatic imine (C=N–C) groups is 1. The molecule has 0 unspecified atom stereocenters. The highest BCUT2D eigenvalue weighted by atomic mass is 16.5. The van der Waals surface area contributed by atoms with Gasteiger partial charge >= 0.3 is 0 Å². The second-order valence-electron chi connectivity index (χ2n) is 5.97. The van der Waals surface area contributed by atoms with Crippen molar-refractivity contribution in [3.8, 4) is 0 Å².